The Hall–Kier alpha value is -1.92. The highest BCUT2D eigenvalue weighted by Gasteiger charge is 2.35. The van der Waals surface area contributed by atoms with E-state index in [0.717, 1.165) is 18.4 Å². The maximum Gasteiger partial charge on any atom is 0.554 e. The number of benzene rings is 1. The molecule has 152 valence electrons. The summed E-state index contributed by atoms with van der Waals surface area (Å²) in [7, 11) is 2.91. The Kier molecular flexibility index (Phi) is 8.45. The van der Waals surface area contributed by atoms with Crippen molar-refractivity contribution in [1.29, 1.82) is 0 Å². The summed E-state index contributed by atoms with van der Waals surface area (Å²) in [6, 6.07) is 9.54. The van der Waals surface area contributed by atoms with Crippen molar-refractivity contribution in [1.82, 2.24) is 0 Å². The molecule has 2 atom stereocenters. The zero-order valence-corrected chi connectivity index (χ0v) is 17.0. The SMILES string of the molecule is [CH2-][N+](CC(C)=O)(CC(=O)OB(O)/C=C/c1ccccc1)[C@@H](C)C1CCCCC1. The Balaban J connectivity index is 1.99. The van der Waals surface area contributed by atoms with E-state index in [1.807, 2.05) is 30.3 Å². The second kappa shape index (κ2) is 10.6. The molecule has 5 nitrogen and oxygen atoms in total. The van der Waals surface area contributed by atoms with E-state index >= 15 is 0 Å². The predicted octanol–water partition coefficient (Wildman–Crippen LogP) is 3.43. The van der Waals surface area contributed by atoms with Crippen LogP contribution in [-0.2, 0) is 14.2 Å². The summed E-state index contributed by atoms with van der Waals surface area (Å²) in [5, 5.41) is 10.0. The third-order valence-electron chi connectivity index (χ3n) is 5.68. The highest BCUT2D eigenvalue weighted by atomic mass is 16.6. The Labute approximate surface area is 169 Å². The van der Waals surface area contributed by atoms with Crippen molar-refractivity contribution < 1.29 is 23.8 Å². The van der Waals surface area contributed by atoms with Gasteiger partial charge in [-0.05, 0) is 31.3 Å². The second-order valence-electron chi connectivity index (χ2n) is 8.03. The van der Waals surface area contributed by atoms with Gasteiger partial charge >= 0.3 is 13.1 Å². The third-order valence-corrected chi connectivity index (χ3v) is 5.68. The first-order valence-corrected chi connectivity index (χ1v) is 10.1. The van der Waals surface area contributed by atoms with Crippen LogP contribution in [0.3, 0.4) is 0 Å². The summed E-state index contributed by atoms with van der Waals surface area (Å²) in [6.45, 7) is 3.75. The van der Waals surface area contributed by atoms with E-state index in [1.54, 1.807) is 6.08 Å². The van der Waals surface area contributed by atoms with Crippen LogP contribution in [0.4, 0.5) is 0 Å². The molecule has 0 aliphatic heterocycles. The molecule has 1 unspecified atom stereocenters. The number of carbonyl (C=O) groups is 2. The van der Waals surface area contributed by atoms with Crippen LogP contribution in [-0.4, -0.2) is 47.5 Å². The van der Waals surface area contributed by atoms with Crippen molar-refractivity contribution in [2.45, 2.75) is 52.0 Å². The van der Waals surface area contributed by atoms with Crippen LogP contribution in [0.15, 0.2) is 36.3 Å². The van der Waals surface area contributed by atoms with Gasteiger partial charge in [0.1, 0.15) is 6.54 Å². The van der Waals surface area contributed by atoms with E-state index < -0.39 is 13.1 Å². The average Bonchev–Trinajstić information content (AvgIpc) is 2.66. The van der Waals surface area contributed by atoms with Crippen LogP contribution >= 0.6 is 0 Å². The lowest BCUT2D eigenvalue weighted by atomic mass is 9.83. The number of Topliss-reactive ketones (excluding diaryl/α,β-unsaturated/α-hetero) is 1. The number of hydrogen-bond acceptors (Lipinski definition) is 4. The quantitative estimate of drug-likeness (QED) is 0.402. The number of rotatable bonds is 9. The number of ketones is 1. The monoisotopic (exact) mass is 385 g/mol. The fraction of sp³-hybridized carbons (Fsp3) is 0.500. The Morgan fingerprint density at radius 3 is 2.50 bits per heavy atom. The number of nitrogens with zero attached hydrogens (tertiary/aromatic N) is 1. The molecule has 1 aliphatic rings. The summed E-state index contributed by atoms with van der Waals surface area (Å²) in [4.78, 5) is 24.3. The predicted molar refractivity (Wildman–Crippen MR) is 112 cm³/mol. The molecule has 0 amide bonds. The lowest BCUT2D eigenvalue weighted by Crippen LogP contribution is -2.57. The lowest BCUT2D eigenvalue weighted by molar-refractivity contribution is -0.898. The fourth-order valence-corrected chi connectivity index (χ4v) is 4.08. The number of hydrogen-bond donors (Lipinski definition) is 1. The van der Waals surface area contributed by atoms with Gasteiger partial charge in [-0.2, -0.15) is 0 Å². The first-order valence-electron chi connectivity index (χ1n) is 10.1. The van der Waals surface area contributed by atoms with Gasteiger partial charge < -0.3 is 14.2 Å². The van der Waals surface area contributed by atoms with Gasteiger partial charge in [0, 0.05) is 12.8 Å². The van der Waals surface area contributed by atoms with E-state index in [0.29, 0.717) is 5.92 Å². The van der Waals surface area contributed by atoms with Gasteiger partial charge in [-0.3, -0.25) is 4.79 Å². The van der Waals surface area contributed by atoms with Gasteiger partial charge in [-0.1, -0.05) is 55.7 Å². The molecule has 1 N–H and O–H groups in total. The molecule has 0 aromatic heterocycles. The van der Waals surface area contributed by atoms with Gasteiger partial charge in [0.15, 0.2) is 12.3 Å². The molecule has 0 bridgehead atoms. The van der Waals surface area contributed by atoms with Gasteiger partial charge in [-0.25, -0.2) is 4.79 Å². The first-order chi connectivity index (χ1) is 13.3. The lowest BCUT2D eigenvalue weighted by Gasteiger charge is -2.49. The van der Waals surface area contributed by atoms with E-state index in [2.05, 4.69) is 14.0 Å². The minimum absolute atomic E-state index is 0.00465. The number of quaternary nitrogens is 1. The highest BCUT2D eigenvalue weighted by molar-refractivity contribution is 6.52. The molecule has 28 heavy (non-hydrogen) atoms. The van der Waals surface area contributed by atoms with Crippen LogP contribution in [0.2, 0.25) is 0 Å². The van der Waals surface area contributed by atoms with E-state index in [1.165, 1.54) is 32.2 Å². The zero-order chi connectivity index (χ0) is 20.6. The van der Waals surface area contributed by atoms with Gasteiger partial charge in [0.05, 0.1) is 6.04 Å². The Morgan fingerprint density at radius 2 is 1.89 bits per heavy atom. The first kappa shape index (κ1) is 22.4. The van der Waals surface area contributed by atoms with Gasteiger partial charge in [-0.15, -0.1) is 7.05 Å². The second-order valence-corrected chi connectivity index (χ2v) is 8.03. The smallest absolute Gasteiger partial charge is 0.502 e. The molecular weight excluding hydrogens is 353 g/mol. The molecule has 2 rings (SSSR count). The Morgan fingerprint density at radius 1 is 1.25 bits per heavy atom. The minimum atomic E-state index is -1.33. The largest absolute Gasteiger partial charge is 0.554 e. The molecule has 0 heterocycles. The topological polar surface area (TPSA) is 63.6 Å². The molecule has 0 saturated heterocycles. The summed E-state index contributed by atoms with van der Waals surface area (Å²) in [5.41, 5.74) is 0.905. The molecule has 1 aromatic carbocycles. The summed E-state index contributed by atoms with van der Waals surface area (Å²) >= 11 is 0. The van der Waals surface area contributed by atoms with Gasteiger partial charge in [0.2, 0.25) is 0 Å². The van der Waals surface area contributed by atoms with E-state index in [-0.39, 0.29) is 29.4 Å². The molecule has 1 fully saturated rings. The number of carbonyl (C=O) groups excluding carboxylic acids is 2. The molecule has 0 radical (unpaired) electrons. The summed E-state index contributed by atoms with van der Waals surface area (Å²) in [6.07, 6.45) is 7.52. The average molecular weight is 385 g/mol. The fourth-order valence-electron chi connectivity index (χ4n) is 4.08. The molecule has 1 aromatic rings. The zero-order valence-electron chi connectivity index (χ0n) is 17.0. The van der Waals surface area contributed by atoms with Crippen molar-refractivity contribution in [3.8, 4) is 0 Å². The van der Waals surface area contributed by atoms with Gasteiger partial charge in [0.25, 0.3) is 0 Å². The normalized spacial score (nSPS) is 18.4. The van der Waals surface area contributed by atoms with Crippen LogP contribution < -0.4 is 0 Å². The molecule has 0 spiro atoms. The van der Waals surface area contributed by atoms with E-state index in [9.17, 15) is 14.6 Å². The van der Waals surface area contributed by atoms with Crippen molar-refractivity contribution in [2.75, 3.05) is 13.1 Å². The minimum Gasteiger partial charge on any atom is -0.502 e. The van der Waals surface area contributed by atoms with Crippen molar-refractivity contribution in [3.63, 3.8) is 0 Å². The maximum absolute atomic E-state index is 12.5. The van der Waals surface area contributed by atoms with E-state index in [4.69, 9.17) is 4.65 Å². The molecule has 1 aliphatic carbocycles. The molecular formula is C22H32BNO4. The van der Waals surface area contributed by atoms with Crippen LogP contribution in [0, 0.1) is 13.0 Å². The van der Waals surface area contributed by atoms with Crippen molar-refractivity contribution in [3.05, 3.63) is 48.9 Å². The highest BCUT2D eigenvalue weighted by Crippen LogP contribution is 2.32. The maximum atomic E-state index is 12.5. The summed E-state index contributed by atoms with van der Waals surface area (Å²) in [5.74, 6) is 1.32. The van der Waals surface area contributed by atoms with Crippen LogP contribution in [0.5, 0.6) is 0 Å². The third kappa shape index (κ3) is 6.91. The standard InChI is InChI=1S/C22H32BNO4/c1-18(25)16-24(3,19(2)21-12-8-5-9-13-21)17-22(26)28-23(27)15-14-20-10-6-4-7-11-20/h4,6-7,10-11,14-15,19,21,27H,3,5,8-9,12-13,16-17H2,1-2H3/b15-14+/t19-,24?/m0/s1. The van der Waals surface area contributed by atoms with Crippen LogP contribution in [0.25, 0.3) is 6.08 Å². The van der Waals surface area contributed by atoms with Crippen molar-refractivity contribution >= 4 is 24.9 Å². The molecule has 6 heteroatoms. The van der Waals surface area contributed by atoms with Crippen molar-refractivity contribution in [2.24, 2.45) is 5.92 Å². The van der Waals surface area contributed by atoms with Crippen LogP contribution in [0.1, 0.15) is 51.5 Å². The molecule has 1 saturated carbocycles. The summed E-state index contributed by atoms with van der Waals surface area (Å²) < 4.78 is 5.23. The Bertz CT molecular complexity index is 672.